The zero-order valence-corrected chi connectivity index (χ0v) is 9.71. The summed E-state index contributed by atoms with van der Waals surface area (Å²) >= 11 is 0. The van der Waals surface area contributed by atoms with E-state index in [0.717, 1.165) is 6.42 Å². The number of nitrogens with zero attached hydrogens (tertiary/aromatic N) is 1. The van der Waals surface area contributed by atoms with E-state index in [1.54, 1.807) is 0 Å². The van der Waals surface area contributed by atoms with Crippen LogP contribution in [-0.4, -0.2) is 23.5 Å². The Kier molecular flexibility index (Phi) is 5.26. The molecule has 0 bridgehead atoms. The predicted octanol–water partition coefficient (Wildman–Crippen LogP) is 2.98. The third-order valence-electron chi connectivity index (χ3n) is 3.10. The van der Waals surface area contributed by atoms with Crippen LogP contribution < -0.4 is 0 Å². The van der Waals surface area contributed by atoms with Gasteiger partial charge in [-0.15, -0.1) is 18.1 Å². The zero-order chi connectivity index (χ0) is 11.1. The molecule has 0 radical (unpaired) electrons. The minimum Gasteiger partial charge on any atom is -0.292 e. The van der Waals surface area contributed by atoms with Crippen molar-refractivity contribution in [3.05, 3.63) is 18.4 Å². The summed E-state index contributed by atoms with van der Waals surface area (Å²) in [5, 5.41) is 0. The SMILES string of the molecule is C#CC[C@H]1CCCN1[C@H](C=C=C)CCC. The summed E-state index contributed by atoms with van der Waals surface area (Å²) in [6, 6.07) is 1.07. The normalized spacial score (nSPS) is 23.1. The van der Waals surface area contributed by atoms with Gasteiger partial charge in [0.2, 0.25) is 0 Å². The quantitative estimate of drug-likeness (QED) is 0.490. The minimum absolute atomic E-state index is 0.494. The Morgan fingerprint density at radius 3 is 3.07 bits per heavy atom. The molecule has 0 N–H and O–H groups in total. The summed E-state index contributed by atoms with van der Waals surface area (Å²) < 4.78 is 0. The second kappa shape index (κ2) is 6.51. The molecule has 0 aromatic rings. The summed E-state index contributed by atoms with van der Waals surface area (Å²) in [4.78, 5) is 2.53. The molecule has 1 fully saturated rings. The standard InChI is InChI=1S/C14H21N/c1-4-8-13(9-5-2)15-12-7-11-14(15)10-6-3/h3,8,13-14H,1,5,7,9-12H2,2H3/t13-,14+/m1/s1. The maximum absolute atomic E-state index is 5.40. The molecule has 0 spiro atoms. The van der Waals surface area contributed by atoms with E-state index >= 15 is 0 Å². The van der Waals surface area contributed by atoms with Gasteiger partial charge in [-0.05, 0) is 31.9 Å². The monoisotopic (exact) mass is 203 g/mol. The largest absolute Gasteiger partial charge is 0.292 e. The fraction of sp³-hybridized carbons (Fsp3) is 0.643. The van der Waals surface area contributed by atoms with Gasteiger partial charge in [0.25, 0.3) is 0 Å². The molecule has 0 aromatic carbocycles. The Morgan fingerprint density at radius 2 is 2.47 bits per heavy atom. The maximum Gasteiger partial charge on any atom is 0.0355 e. The van der Waals surface area contributed by atoms with Crippen LogP contribution in [0.3, 0.4) is 0 Å². The van der Waals surface area contributed by atoms with E-state index in [9.17, 15) is 0 Å². The van der Waals surface area contributed by atoms with Crippen LogP contribution in [-0.2, 0) is 0 Å². The molecule has 1 aliphatic rings. The maximum atomic E-state index is 5.40. The highest BCUT2D eigenvalue weighted by Gasteiger charge is 2.28. The van der Waals surface area contributed by atoms with Gasteiger partial charge >= 0.3 is 0 Å². The summed E-state index contributed by atoms with van der Waals surface area (Å²) in [5.41, 5.74) is 2.92. The van der Waals surface area contributed by atoms with E-state index in [1.807, 2.05) is 0 Å². The molecule has 1 heteroatoms. The van der Waals surface area contributed by atoms with Gasteiger partial charge in [-0.1, -0.05) is 19.9 Å². The van der Waals surface area contributed by atoms with Gasteiger partial charge in [-0.2, -0.15) is 0 Å². The van der Waals surface area contributed by atoms with Crippen LogP contribution in [0, 0.1) is 12.3 Å². The van der Waals surface area contributed by atoms with Gasteiger partial charge in [-0.3, -0.25) is 4.90 Å². The van der Waals surface area contributed by atoms with Crippen LogP contribution in [0.5, 0.6) is 0 Å². The lowest BCUT2D eigenvalue weighted by Crippen LogP contribution is -2.37. The molecule has 15 heavy (non-hydrogen) atoms. The van der Waals surface area contributed by atoms with E-state index in [1.165, 1.54) is 32.2 Å². The second-order valence-corrected chi connectivity index (χ2v) is 4.17. The van der Waals surface area contributed by atoms with Crippen molar-refractivity contribution in [3.63, 3.8) is 0 Å². The van der Waals surface area contributed by atoms with E-state index in [2.05, 4.69) is 36.1 Å². The first-order chi connectivity index (χ1) is 7.33. The van der Waals surface area contributed by atoms with Crippen molar-refractivity contribution in [2.75, 3.05) is 6.54 Å². The molecule has 2 atom stereocenters. The average Bonchev–Trinajstić information content (AvgIpc) is 2.66. The molecule has 1 rings (SSSR count). The average molecular weight is 203 g/mol. The van der Waals surface area contributed by atoms with Crippen molar-refractivity contribution in [3.8, 4) is 12.3 Å². The van der Waals surface area contributed by atoms with E-state index in [0.29, 0.717) is 12.1 Å². The minimum atomic E-state index is 0.494. The zero-order valence-electron chi connectivity index (χ0n) is 9.71. The molecule has 82 valence electrons. The van der Waals surface area contributed by atoms with Crippen LogP contribution in [0.1, 0.15) is 39.0 Å². The highest BCUT2D eigenvalue weighted by atomic mass is 15.2. The molecule has 0 amide bonds. The predicted molar refractivity (Wildman–Crippen MR) is 65.6 cm³/mol. The van der Waals surface area contributed by atoms with Crippen LogP contribution in [0.2, 0.25) is 0 Å². The van der Waals surface area contributed by atoms with Gasteiger partial charge in [0.05, 0.1) is 0 Å². The molecule has 1 nitrogen and oxygen atoms in total. The van der Waals surface area contributed by atoms with Crippen LogP contribution in [0.25, 0.3) is 0 Å². The highest BCUT2D eigenvalue weighted by Crippen LogP contribution is 2.24. The lowest BCUT2D eigenvalue weighted by atomic mass is 10.1. The van der Waals surface area contributed by atoms with Crippen molar-refractivity contribution >= 4 is 0 Å². The Hall–Kier alpha value is -0.960. The lowest BCUT2D eigenvalue weighted by Gasteiger charge is -2.29. The fourth-order valence-electron chi connectivity index (χ4n) is 2.43. The van der Waals surface area contributed by atoms with Crippen molar-refractivity contribution in [1.82, 2.24) is 4.90 Å². The molecular formula is C14H21N. The first-order valence-electron chi connectivity index (χ1n) is 5.88. The second-order valence-electron chi connectivity index (χ2n) is 4.17. The number of rotatable bonds is 5. The summed E-state index contributed by atoms with van der Waals surface area (Å²) in [5.74, 6) is 2.79. The summed E-state index contributed by atoms with van der Waals surface area (Å²) in [6.07, 6.45) is 13.3. The van der Waals surface area contributed by atoms with Gasteiger partial charge in [0, 0.05) is 18.5 Å². The molecule has 0 unspecified atom stereocenters. The summed E-state index contributed by atoms with van der Waals surface area (Å²) in [7, 11) is 0. The highest BCUT2D eigenvalue weighted by molar-refractivity contribution is 5.00. The van der Waals surface area contributed by atoms with Crippen molar-refractivity contribution < 1.29 is 0 Å². The number of likely N-dealkylation sites (tertiary alicyclic amines) is 1. The molecule has 1 heterocycles. The third-order valence-corrected chi connectivity index (χ3v) is 3.10. The van der Waals surface area contributed by atoms with Crippen LogP contribution >= 0.6 is 0 Å². The van der Waals surface area contributed by atoms with E-state index in [4.69, 9.17) is 6.42 Å². The molecule has 1 saturated heterocycles. The van der Waals surface area contributed by atoms with Crippen LogP contribution in [0.15, 0.2) is 18.4 Å². The molecule has 1 aliphatic heterocycles. The van der Waals surface area contributed by atoms with Gasteiger partial charge in [0.1, 0.15) is 0 Å². The lowest BCUT2D eigenvalue weighted by molar-refractivity contribution is 0.204. The molecule has 0 aliphatic carbocycles. The Balaban J connectivity index is 2.64. The third kappa shape index (κ3) is 3.27. The number of hydrogen-bond acceptors (Lipinski definition) is 1. The molecular weight excluding hydrogens is 182 g/mol. The Labute approximate surface area is 93.9 Å². The molecule has 0 saturated carbocycles. The topological polar surface area (TPSA) is 3.24 Å². The van der Waals surface area contributed by atoms with Crippen molar-refractivity contribution in [2.45, 2.75) is 51.1 Å². The van der Waals surface area contributed by atoms with Gasteiger partial charge in [-0.25, -0.2) is 0 Å². The van der Waals surface area contributed by atoms with E-state index < -0.39 is 0 Å². The molecule has 0 aromatic heterocycles. The number of hydrogen-bond donors (Lipinski definition) is 0. The van der Waals surface area contributed by atoms with Crippen molar-refractivity contribution in [1.29, 1.82) is 0 Å². The van der Waals surface area contributed by atoms with Gasteiger partial charge in [0.15, 0.2) is 0 Å². The Bertz CT molecular complexity index is 268. The fourth-order valence-corrected chi connectivity index (χ4v) is 2.43. The summed E-state index contributed by atoms with van der Waals surface area (Å²) in [6.45, 7) is 7.07. The van der Waals surface area contributed by atoms with Crippen molar-refractivity contribution in [2.24, 2.45) is 0 Å². The Morgan fingerprint density at radius 1 is 1.67 bits per heavy atom. The first kappa shape index (κ1) is 12.1. The number of terminal acetylenes is 1. The first-order valence-corrected chi connectivity index (χ1v) is 5.88. The van der Waals surface area contributed by atoms with E-state index in [-0.39, 0.29) is 0 Å². The van der Waals surface area contributed by atoms with Gasteiger partial charge < -0.3 is 0 Å². The smallest absolute Gasteiger partial charge is 0.0355 e. The van der Waals surface area contributed by atoms with Crippen LogP contribution in [0.4, 0.5) is 0 Å².